The highest BCUT2D eigenvalue weighted by Gasteiger charge is 2.32. The van der Waals surface area contributed by atoms with E-state index in [2.05, 4.69) is 112 Å². The Kier molecular flexibility index (Phi) is 8.89. The fraction of sp³-hybridized carbons (Fsp3) is 0.286. The van der Waals surface area contributed by atoms with E-state index in [4.69, 9.17) is 10.1 Å². The smallest absolute Gasteiger partial charge is 0.199 e. The van der Waals surface area contributed by atoms with Gasteiger partial charge >= 0.3 is 0 Å². The van der Waals surface area contributed by atoms with Crippen LogP contribution in [0.25, 0.3) is 10.2 Å². The van der Waals surface area contributed by atoms with E-state index in [1.807, 2.05) is 6.07 Å². The maximum absolute atomic E-state index is 7.65. The lowest BCUT2D eigenvalue weighted by atomic mass is 10.0. The number of anilines is 2. The molecule has 0 bridgehead atoms. The molecule has 4 aromatic rings. The number of para-hydroxylation sites is 1. The first-order chi connectivity index (χ1) is 17.6. The van der Waals surface area contributed by atoms with Crippen LogP contribution < -0.4 is 10.6 Å². The van der Waals surface area contributed by atoms with E-state index < -0.39 is 0 Å². The molecule has 5 rings (SSSR count). The first kappa shape index (κ1) is 25.6. The van der Waals surface area contributed by atoms with Crippen LogP contribution in [0.3, 0.4) is 0 Å². The summed E-state index contributed by atoms with van der Waals surface area (Å²) in [4.78, 5) is 11.7. The van der Waals surface area contributed by atoms with E-state index in [1.54, 1.807) is 11.3 Å². The highest BCUT2D eigenvalue weighted by molar-refractivity contribution is 7.22. The molecule has 8 heteroatoms. The minimum atomic E-state index is -0.181. The SMILES string of the molecule is CC1N=C(Nc2ccc(CCNc3nc4ccccc4s3)cc2)N(C)C1c1ccccc1.COCO. The molecule has 1 aliphatic heterocycles. The number of aliphatic imine (C=N–C) groups is 1. The maximum atomic E-state index is 7.65. The number of hydrogen-bond donors (Lipinski definition) is 3. The zero-order valence-corrected chi connectivity index (χ0v) is 21.7. The molecule has 2 heterocycles. The lowest BCUT2D eigenvalue weighted by molar-refractivity contribution is 0.0325. The van der Waals surface area contributed by atoms with E-state index in [1.165, 1.54) is 22.9 Å². The molecule has 0 saturated heterocycles. The number of methoxy groups -OCH3 is 1. The summed E-state index contributed by atoms with van der Waals surface area (Å²) in [6, 6.07) is 27.9. The zero-order valence-electron chi connectivity index (χ0n) is 20.9. The van der Waals surface area contributed by atoms with Gasteiger partial charge in [-0.05, 0) is 48.7 Å². The Labute approximate surface area is 216 Å². The largest absolute Gasteiger partial charge is 0.371 e. The molecule has 0 saturated carbocycles. The normalized spacial score (nSPS) is 16.9. The van der Waals surface area contributed by atoms with Gasteiger partial charge < -0.3 is 25.4 Å². The number of aromatic nitrogens is 1. The Hall–Kier alpha value is -3.46. The molecule has 2 atom stereocenters. The van der Waals surface area contributed by atoms with Crippen LogP contribution in [0.2, 0.25) is 0 Å². The van der Waals surface area contributed by atoms with Crippen LogP contribution >= 0.6 is 11.3 Å². The predicted molar refractivity (Wildman–Crippen MR) is 150 cm³/mol. The number of nitrogens with zero attached hydrogens (tertiary/aromatic N) is 3. The van der Waals surface area contributed by atoms with Crippen LogP contribution in [0.5, 0.6) is 0 Å². The van der Waals surface area contributed by atoms with Crippen LogP contribution in [0.4, 0.5) is 10.8 Å². The summed E-state index contributed by atoms with van der Waals surface area (Å²) in [5, 5.41) is 15.6. The van der Waals surface area contributed by atoms with Crippen molar-refractivity contribution in [3.05, 3.63) is 90.0 Å². The summed E-state index contributed by atoms with van der Waals surface area (Å²) in [6.45, 7) is 2.85. The average Bonchev–Trinajstić information content (AvgIpc) is 3.45. The van der Waals surface area contributed by atoms with Crippen LogP contribution in [0.1, 0.15) is 24.1 Å². The first-order valence-electron chi connectivity index (χ1n) is 12.0. The number of rotatable bonds is 7. The molecule has 0 aliphatic carbocycles. The molecule has 188 valence electrons. The third-order valence-electron chi connectivity index (χ3n) is 6.00. The molecule has 0 radical (unpaired) electrons. The molecule has 0 fully saturated rings. The third kappa shape index (κ3) is 6.40. The zero-order chi connectivity index (χ0) is 25.3. The van der Waals surface area contributed by atoms with Gasteiger partial charge in [-0.2, -0.15) is 0 Å². The van der Waals surface area contributed by atoms with Gasteiger partial charge in [0, 0.05) is 26.4 Å². The Morgan fingerprint density at radius 3 is 2.39 bits per heavy atom. The summed E-state index contributed by atoms with van der Waals surface area (Å²) < 4.78 is 5.31. The molecule has 7 nitrogen and oxygen atoms in total. The molecule has 0 amide bonds. The molecule has 3 N–H and O–H groups in total. The topological polar surface area (TPSA) is 82.0 Å². The third-order valence-corrected chi connectivity index (χ3v) is 6.99. The van der Waals surface area contributed by atoms with Crippen molar-refractivity contribution >= 4 is 38.3 Å². The lowest BCUT2D eigenvalue weighted by Crippen LogP contribution is -2.32. The van der Waals surface area contributed by atoms with Crippen LogP contribution in [-0.2, 0) is 11.2 Å². The van der Waals surface area contributed by atoms with E-state index in [0.29, 0.717) is 0 Å². The van der Waals surface area contributed by atoms with E-state index in [0.717, 1.165) is 35.3 Å². The van der Waals surface area contributed by atoms with Crippen molar-refractivity contribution in [3.63, 3.8) is 0 Å². The number of aliphatic hydroxyl groups is 1. The van der Waals surface area contributed by atoms with Crippen molar-refractivity contribution in [2.24, 2.45) is 4.99 Å². The van der Waals surface area contributed by atoms with Gasteiger partial charge in [-0.3, -0.25) is 0 Å². The number of nitrogens with one attached hydrogen (secondary N) is 2. The number of benzene rings is 3. The molecule has 3 aromatic carbocycles. The monoisotopic (exact) mass is 503 g/mol. The van der Waals surface area contributed by atoms with Gasteiger partial charge in [-0.25, -0.2) is 9.98 Å². The number of hydrogen-bond acceptors (Lipinski definition) is 8. The van der Waals surface area contributed by atoms with Crippen molar-refractivity contribution in [1.82, 2.24) is 9.88 Å². The number of thiazole rings is 1. The van der Waals surface area contributed by atoms with Gasteiger partial charge in [0.1, 0.15) is 6.79 Å². The Bertz CT molecular complexity index is 1220. The van der Waals surface area contributed by atoms with Gasteiger partial charge in [0.15, 0.2) is 11.1 Å². The average molecular weight is 504 g/mol. The summed E-state index contributed by atoms with van der Waals surface area (Å²) in [7, 11) is 3.54. The maximum Gasteiger partial charge on any atom is 0.199 e. The summed E-state index contributed by atoms with van der Waals surface area (Å²) >= 11 is 1.70. The van der Waals surface area contributed by atoms with Crippen molar-refractivity contribution < 1.29 is 9.84 Å². The van der Waals surface area contributed by atoms with Crippen LogP contribution in [0, 0.1) is 0 Å². The number of likely N-dealkylation sites (N-methyl/N-ethyl adjacent to an activating group) is 1. The molecule has 0 spiro atoms. The molecule has 1 aromatic heterocycles. The van der Waals surface area contributed by atoms with Crippen molar-refractivity contribution in [1.29, 1.82) is 0 Å². The van der Waals surface area contributed by atoms with Crippen molar-refractivity contribution in [2.75, 3.05) is 38.1 Å². The highest BCUT2D eigenvalue weighted by Crippen LogP contribution is 2.31. The van der Waals surface area contributed by atoms with Gasteiger partial charge in [0.05, 0.1) is 22.3 Å². The van der Waals surface area contributed by atoms with E-state index >= 15 is 0 Å². The molecule has 2 unspecified atom stereocenters. The van der Waals surface area contributed by atoms with Crippen molar-refractivity contribution in [3.8, 4) is 0 Å². The second-order valence-electron chi connectivity index (χ2n) is 8.56. The molecule has 36 heavy (non-hydrogen) atoms. The Balaban J connectivity index is 0.000000709. The fourth-order valence-electron chi connectivity index (χ4n) is 4.23. The number of aliphatic hydroxyl groups excluding tert-OH is 1. The van der Waals surface area contributed by atoms with E-state index in [-0.39, 0.29) is 18.9 Å². The van der Waals surface area contributed by atoms with Crippen LogP contribution in [0.15, 0.2) is 83.9 Å². The summed E-state index contributed by atoms with van der Waals surface area (Å²) in [5.41, 5.74) is 4.69. The molecule has 1 aliphatic rings. The second kappa shape index (κ2) is 12.5. The minimum Gasteiger partial charge on any atom is -0.371 e. The highest BCUT2D eigenvalue weighted by atomic mass is 32.1. The quantitative estimate of drug-likeness (QED) is 0.294. The summed E-state index contributed by atoms with van der Waals surface area (Å²) in [6.07, 6.45) is 0.949. The molecular formula is C28H33N5O2S. The fourth-order valence-corrected chi connectivity index (χ4v) is 5.12. The van der Waals surface area contributed by atoms with Gasteiger partial charge in [-0.15, -0.1) is 0 Å². The lowest BCUT2D eigenvalue weighted by Gasteiger charge is -2.26. The van der Waals surface area contributed by atoms with Gasteiger partial charge in [-0.1, -0.05) is 65.9 Å². The summed E-state index contributed by atoms with van der Waals surface area (Å²) in [5.74, 6) is 0.914. The van der Waals surface area contributed by atoms with E-state index in [9.17, 15) is 0 Å². The van der Waals surface area contributed by atoms with Crippen LogP contribution in [-0.4, -0.2) is 54.5 Å². The predicted octanol–water partition coefficient (Wildman–Crippen LogP) is 5.38. The number of ether oxygens (including phenoxy) is 1. The Morgan fingerprint density at radius 1 is 1.00 bits per heavy atom. The van der Waals surface area contributed by atoms with Gasteiger partial charge in [0.2, 0.25) is 0 Å². The standard InChI is InChI=1S/C26H27N5S.C2H6O2/c1-18-24(20-8-4-3-5-9-20)31(2)25(28-18)29-21-14-12-19(13-15-21)16-17-27-26-30-22-10-6-7-11-23(22)32-26;1-4-2-3/h3-15,18,24H,16-17H2,1-2H3,(H,27,30)(H,28,29);3H,2H2,1H3. The van der Waals surface area contributed by atoms with Gasteiger partial charge in [0.25, 0.3) is 0 Å². The Morgan fingerprint density at radius 2 is 1.69 bits per heavy atom. The minimum absolute atomic E-state index is 0.181. The molecular weight excluding hydrogens is 470 g/mol. The van der Waals surface area contributed by atoms with Crippen molar-refractivity contribution in [2.45, 2.75) is 25.4 Å². The second-order valence-corrected chi connectivity index (χ2v) is 9.59. The number of guanidine groups is 1. The number of fused-ring (bicyclic) bond motifs is 1. The first-order valence-corrected chi connectivity index (χ1v) is 12.8.